The zero-order valence-corrected chi connectivity index (χ0v) is 20.2. The van der Waals surface area contributed by atoms with Gasteiger partial charge in [0, 0.05) is 3.57 Å². The largest absolute Gasteiger partial charge is 0.486 e. The van der Waals surface area contributed by atoms with E-state index in [0.29, 0.717) is 38.6 Å². The average molecular weight is 574 g/mol. The van der Waals surface area contributed by atoms with Gasteiger partial charge in [-0.2, -0.15) is 5.10 Å². The predicted molar refractivity (Wildman–Crippen MR) is 131 cm³/mol. The van der Waals surface area contributed by atoms with E-state index in [1.165, 1.54) is 6.21 Å². The number of nitrogens with zero attached hydrogens (tertiary/aromatic N) is 1. The third-order valence-electron chi connectivity index (χ3n) is 4.07. The number of ether oxygens (including phenoxy) is 1. The summed E-state index contributed by atoms with van der Waals surface area (Å²) >= 11 is 21.0. The van der Waals surface area contributed by atoms with Gasteiger partial charge < -0.3 is 4.74 Å². The van der Waals surface area contributed by atoms with Gasteiger partial charge in [-0.25, -0.2) is 5.43 Å². The molecule has 0 aliphatic carbocycles. The molecule has 1 amide bonds. The van der Waals surface area contributed by atoms with Gasteiger partial charge in [0.25, 0.3) is 5.91 Å². The summed E-state index contributed by atoms with van der Waals surface area (Å²) in [5.74, 6) is -0.0181. The second-order valence-corrected chi connectivity index (χ2v) is 8.88. The minimum atomic E-state index is -0.411. The van der Waals surface area contributed by atoms with Crippen LogP contribution in [-0.2, 0) is 6.61 Å². The lowest BCUT2D eigenvalue weighted by molar-refractivity contribution is 0.0955. The normalized spacial score (nSPS) is 11.0. The highest BCUT2D eigenvalue weighted by Gasteiger charge is 2.11. The molecule has 0 aromatic heterocycles. The van der Waals surface area contributed by atoms with Crippen LogP contribution in [0.25, 0.3) is 0 Å². The van der Waals surface area contributed by atoms with Crippen molar-refractivity contribution >= 4 is 69.5 Å². The van der Waals surface area contributed by atoms with E-state index in [1.54, 1.807) is 30.3 Å². The van der Waals surface area contributed by atoms with Gasteiger partial charge in [0.15, 0.2) is 5.75 Å². The Kier molecular flexibility index (Phi) is 7.99. The average Bonchev–Trinajstić information content (AvgIpc) is 2.68. The van der Waals surface area contributed by atoms with E-state index in [1.807, 2.05) is 31.2 Å². The fraction of sp³-hybridized carbons (Fsp3) is 0.0909. The van der Waals surface area contributed by atoms with E-state index in [0.717, 1.165) is 14.7 Å². The van der Waals surface area contributed by atoms with Crippen LogP contribution in [0.2, 0.25) is 15.1 Å². The van der Waals surface area contributed by atoms with Crippen LogP contribution in [-0.4, -0.2) is 12.1 Å². The molecule has 0 bridgehead atoms. The number of amides is 1. The number of hydrazone groups is 1. The maximum absolute atomic E-state index is 12.2. The molecule has 3 aromatic rings. The first kappa shape index (κ1) is 22.9. The summed E-state index contributed by atoms with van der Waals surface area (Å²) in [6, 6.07) is 16.4. The number of hydrogen-bond donors (Lipinski definition) is 1. The molecule has 0 saturated carbocycles. The van der Waals surface area contributed by atoms with E-state index < -0.39 is 5.91 Å². The Bertz CT molecular complexity index is 1080. The Balaban J connectivity index is 1.65. The maximum atomic E-state index is 12.2. The van der Waals surface area contributed by atoms with Crippen LogP contribution in [0.4, 0.5) is 0 Å². The highest BCUT2D eigenvalue weighted by molar-refractivity contribution is 14.1. The van der Waals surface area contributed by atoms with Crippen molar-refractivity contribution in [3.63, 3.8) is 0 Å². The first-order valence-corrected chi connectivity index (χ1v) is 11.0. The molecular weight excluding hydrogens is 558 g/mol. The summed E-state index contributed by atoms with van der Waals surface area (Å²) in [5.41, 5.74) is 5.37. The van der Waals surface area contributed by atoms with Crippen molar-refractivity contribution in [2.75, 3.05) is 0 Å². The molecule has 3 aromatic carbocycles. The molecule has 0 atom stereocenters. The second kappa shape index (κ2) is 10.5. The van der Waals surface area contributed by atoms with E-state index in [4.69, 9.17) is 39.5 Å². The molecule has 0 heterocycles. The molecule has 1 N–H and O–H groups in total. The van der Waals surface area contributed by atoms with Gasteiger partial charge in [0.05, 0.1) is 26.8 Å². The predicted octanol–water partition coefficient (Wildman–Crippen LogP) is 6.90. The van der Waals surface area contributed by atoms with Crippen LogP contribution in [0.3, 0.4) is 0 Å². The summed E-state index contributed by atoms with van der Waals surface area (Å²) in [7, 11) is 0. The quantitative estimate of drug-likeness (QED) is 0.198. The first-order chi connectivity index (χ1) is 14.3. The fourth-order valence-electron chi connectivity index (χ4n) is 2.56. The number of rotatable bonds is 6. The van der Waals surface area contributed by atoms with Gasteiger partial charge in [-0.05, 0) is 82.6 Å². The minimum absolute atomic E-state index is 0.342. The number of hydrogen-bond acceptors (Lipinski definition) is 3. The van der Waals surface area contributed by atoms with Crippen molar-refractivity contribution in [3.8, 4) is 5.75 Å². The maximum Gasteiger partial charge on any atom is 0.272 e. The smallest absolute Gasteiger partial charge is 0.272 e. The molecule has 0 spiro atoms. The Hall–Kier alpha value is -1.80. The molecular formula is C22H16Cl3IN2O2. The third kappa shape index (κ3) is 6.11. The molecule has 3 rings (SSSR count). The molecule has 0 aliphatic heterocycles. The highest BCUT2D eigenvalue weighted by atomic mass is 127. The van der Waals surface area contributed by atoms with Gasteiger partial charge in [-0.3, -0.25) is 4.79 Å². The molecule has 0 radical (unpaired) electrons. The lowest BCUT2D eigenvalue weighted by Gasteiger charge is -2.11. The van der Waals surface area contributed by atoms with Gasteiger partial charge >= 0.3 is 0 Å². The monoisotopic (exact) mass is 572 g/mol. The number of carbonyl (C=O) groups excluding carboxylic acids is 1. The number of carbonyl (C=O) groups is 1. The van der Waals surface area contributed by atoms with Crippen molar-refractivity contribution in [2.45, 2.75) is 13.5 Å². The summed E-state index contributed by atoms with van der Waals surface area (Å²) in [6.07, 6.45) is 1.45. The van der Waals surface area contributed by atoms with Gasteiger partial charge in [0.1, 0.15) is 6.61 Å². The summed E-state index contributed by atoms with van der Waals surface area (Å²) in [4.78, 5) is 12.2. The van der Waals surface area contributed by atoms with E-state index in [2.05, 4.69) is 33.1 Å². The van der Waals surface area contributed by atoms with Crippen molar-refractivity contribution < 1.29 is 9.53 Å². The Morgan fingerprint density at radius 3 is 2.33 bits per heavy atom. The zero-order chi connectivity index (χ0) is 21.7. The number of benzene rings is 3. The van der Waals surface area contributed by atoms with E-state index in [9.17, 15) is 4.79 Å². The van der Waals surface area contributed by atoms with Crippen LogP contribution in [0.1, 0.15) is 27.0 Å². The molecule has 30 heavy (non-hydrogen) atoms. The Labute approximate surface area is 203 Å². The van der Waals surface area contributed by atoms with Crippen LogP contribution in [0.5, 0.6) is 5.75 Å². The van der Waals surface area contributed by atoms with Crippen molar-refractivity contribution in [1.82, 2.24) is 5.43 Å². The van der Waals surface area contributed by atoms with Gasteiger partial charge in [-0.15, -0.1) is 0 Å². The highest BCUT2D eigenvalue weighted by Crippen LogP contribution is 2.34. The van der Waals surface area contributed by atoms with Crippen molar-refractivity contribution in [3.05, 3.63) is 95.5 Å². The molecule has 4 nitrogen and oxygen atoms in total. The molecule has 0 fully saturated rings. The lowest BCUT2D eigenvalue weighted by atomic mass is 10.1. The Morgan fingerprint density at radius 1 is 1.03 bits per heavy atom. The summed E-state index contributed by atoms with van der Waals surface area (Å²) in [6.45, 7) is 2.24. The van der Waals surface area contributed by atoms with Crippen molar-refractivity contribution in [2.24, 2.45) is 5.10 Å². The standard InChI is InChI=1S/C22H16Cl3IN2O2/c1-13-2-7-17(18(23)8-13)22(29)28-27-11-15-9-19(24)21(20(25)10-15)30-12-14-3-5-16(26)6-4-14/h2-11H,12H2,1H3,(H,28,29)/b27-11-. The van der Waals surface area contributed by atoms with Crippen LogP contribution in [0, 0.1) is 10.5 Å². The topological polar surface area (TPSA) is 50.7 Å². The van der Waals surface area contributed by atoms with Crippen LogP contribution in [0.15, 0.2) is 59.7 Å². The molecule has 8 heteroatoms. The molecule has 0 unspecified atom stereocenters. The van der Waals surface area contributed by atoms with Gasteiger partial charge in [0.2, 0.25) is 0 Å². The fourth-order valence-corrected chi connectivity index (χ4v) is 3.85. The third-order valence-corrected chi connectivity index (χ3v) is 5.66. The van der Waals surface area contributed by atoms with Crippen molar-refractivity contribution in [1.29, 1.82) is 0 Å². The molecule has 154 valence electrons. The number of halogens is 4. The second-order valence-electron chi connectivity index (χ2n) is 6.41. The molecule has 0 aliphatic rings. The SMILES string of the molecule is Cc1ccc(C(=O)N/N=C\c2cc(Cl)c(OCc3ccc(I)cc3)c(Cl)c2)c(Cl)c1. The van der Waals surface area contributed by atoms with Gasteiger partial charge in [-0.1, -0.05) is 53.0 Å². The Morgan fingerprint density at radius 2 is 1.70 bits per heavy atom. The lowest BCUT2D eigenvalue weighted by Crippen LogP contribution is -2.18. The zero-order valence-electron chi connectivity index (χ0n) is 15.8. The summed E-state index contributed by atoms with van der Waals surface area (Å²) < 4.78 is 6.92. The van der Waals surface area contributed by atoms with Crippen LogP contribution >= 0.6 is 57.4 Å². The first-order valence-electron chi connectivity index (χ1n) is 8.79. The van der Waals surface area contributed by atoms with Crippen LogP contribution < -0.4 is 10.2 Å². The summed E-state index contributed by atoms with van der Waals surface area (Å²) in [5, 5.41) is 5.02. The minimum Gasteiger partial charge on any atom is -0.486 e. The number of aryl methyl sites for hydroxylation is 1. The number of nitrogens with one attached hydrogen (secondary N) is 1. The molecule has 0 saturated heterocycles. The van der Waals surface area contributed by atoms with E-state index >= 15 is 0 Å². The van der Waals surface area contributed by atoms with E-state index in [-0.39, 0.29) is 0 Å².